The van der Waals surface area contributed by atoms with E-state index in [1.807, 2.05) is 13.1 Å². The van der Waals surface area contributed by atoms with Crippen LogP contribution in [-0.2, 0) is 0 Å². The largest absolute Gasteiger partial charge is 0.355 e. The molecule has 3 atom stereocenters. The van der Waals surface area contributed by atoms with Gasteiger partial charge in [-0.1, -0.05) is 0 Å². The molecule has 4 heterocycles. The van der Waals surface area contributed by atoms with Crippen LogP contribution < -0.4 is 10.2 Å². The summed E-state index contributed by atoms with van der Waals surface area (Å²) in [6.45, 7) is 0. The molecule has 8 heteroatoms. The molecule has 2 aliphatic heterocycles. The van der Waals surface area contributed by atoms with Gasteiger partial charge in [0.2, 0.25) is 0 Å². The monoisotopic (exact) mass is 396 g/mol. The predicted molar refractivity (Wildman–Crippen MR) is 106 cm³/mol. The summed E-state index contributed by atoms with van der Waals surface area (Å²) < 4.78 is 30.7. The number of benzene rings is 1. The molecule has 0 radical (unpaired) electrons. The number of nitrogens with one attached hydrogen (secondary N) is 1. The molecular weight excluding hydrogens is 374 g/mol. The predicted octanol–water partition coefficient (Wildman–Crippen LogP) is 3.33. The summed E-state index contributed by atoms with van der Waals surface area (Å²) in [5.74, 6) is -1.13. The van der Waals surface area contributed by atoms with Gasteiger partial charge in [-0.05, 0) is 49.9 Å². The van der Waals surface area contributed by atoms with Gasteiger partial charge in [-0.15, -0.1) is 10.2 Å². The van der Waals surface area contributed by atoms with Crippen LogP contribution in [0.15, 0.2) is 43.0 Å². The van der Waals surface area contributed by atoms with E-state index < -0.39 is 11.6 Å². The highest BCUT2D eigenvalue weighted by atomic mass is 19.2. The maximum atomic E-state index is 14.7. The molecule has 29 heavy (non-hydrogen) atoms. The van der Waals surface area contributed by atoms with Crippen molar-refractivity contribution in [1.82, 2.24) is 25.1 Å². The molecule has 5 rings (SSSR count). The Labute approximate surface area is 167 Å². The number of anilines is 1. The smallest absolute Gasteiger partial charge is 0.183 e. The lowest BCUT2D eigenvalue weighted by Crippen LogP contribution is -2.47. The highest BCUT2D eigenvalue weighted by molar-refractivity contribution is 5.63. The first-order valence-corrected chi connectivity index (χ1v) is 9.89. The molecule has 0 amide bonds. The SMILES string of the molecule is CN(c1ccc(-c2ccc(-n3ccnc3)c(F)c2F)nn1)C1C[C@H]2CC[C@@H](C1)N2. The van der Waals surface area contributed by atoms with Crippen LogP contribution in [0.2, 0.25) is 0 Å². The van der Waals surface area contributed by atoms with Crippen LogP contribution in [0.4, 0.5) is 14.6 Å². The summed E-state index contributed by atoms with van der Waals surface area (Å²) >= 11 is 0. The zero-order valence-electron chi connectivity index (χ0n) is 16.1. The fourth-order valence-corrected chi connectivity index (χ4v) is 4.53. The van der Waals surface area contributed by atoms with E-state index in [1.54, 1.807) is 12.3 Å². The molecule has 2 saturated heterocycles. The number of aromatic nitrogens is 4. The summed E-state index contributed by atoms with van der Waals surface area (Å²) in [6, 6.07) is 8.14. The fraction of sp³-hybridized carbons (Fsp3) is 0.381. The van der Waals surface area contributed by atoms with Gasteiger partial charge < -0.3 is 14.8 Å². The lowest BCUT2D eigenvalue weighted by Gasteiger charge is -2.36. The summed E-state index contributed by atoms with van der Waals surface area (Å²) in [7, 11) is 2.03. The third kappa shape index (κ3) is 3.27. The number of imidazole rings is 1. The first-order chi connectivity index (χ1) is 14.1. The van der Waals surface area contributed by atoms with Crippen LogP contribution >= 0.6 is 0 Å². The Balaban J connectivity index is 1.38. The van der Waals surface area contributed by atoms with E-state index in [9.17, 15) is 8.78 Å². The summed E-state index contributed by atoms with van der Waals surface area (Å²) in [6.07, 6.45) is 9.15. The van der Waals surface area contributed by atoms with Crippen molar-refractivity contribution in [1.29, 1.82) is 0 Å². The Kier molecular flexibility index (Phi) is 4.50. The summed E-state index contributed by atoms with van der Waals surface area (Å²) in [5.41, 5.74) is 0.502. The van der Waals surface area contributed by atoms with Crippen molar-refractivity contribution in [2.75, 3.05) is 11.9 Å². The van der Waals surface area contributed by atoms with Crippen molar-refractivity contribution in [3.05, 3.63) is 54.6 Å². The molecule has 2 bridgehead atoms. The fourth-order valence-electron chi connectivity index (χ4n) is 4.53. The van der Waals surface area contributed by atoms with E-state index in [0.717, 1.165) is 18.7 Å². The zero-order valence-corrected chi connectivity index (χ0v) is 16.1. The van der Waals surface area contributed by atoms with E-state index >= 15 is 0 Å². The minimum absolute atomic E-state index is 0.0907. The summed E-state index contributed by atoms with van der Waals surface area (Å²) in [5, 5.41) is 12.1. The van der Waals surface area contributed by atoms with E-state index in [4.69, 9.17) is 0 Å². The van der Waals surface area contributed by atoms with E-state index in [-0.39, 0.29) is 11.3 Å². The number of fused-ring (bicyclic) bond motifs is 2. The van der Waals surface area contributed by atoms with E-state index in [2.05, 4.69) is 25.4 Å². The second-order valence-corrected chi connectivity index (χ2v) is 7.88. The Morgan fingerprint density at radius 2 is 1.83 bits per heavy atom. The van der Waals surface area contributed by atoms with Gasteiger partial charge >= 0.3 is 0 Å². The number of halogens is 2. The Bertz CT molecular complexity index is 993. The molecule has 2 aliphatic rings. The van der Waals surface area contributed by atoms with Gasteiger partial charge in [0.15, 0.2) is 17.5 Å². The van der Waals surface area contributed by atoms with Crippen LogP contribution in [0, 0.1) is 11.6 Å². The van der Waals surface area contributed by atoms with Crippen LogP contribution in [0.1, 0.15) is 25.7 Å². The second-order valence-electron chi connectivity index (χ2n) is 7.88. The topological polar surface area (TPSA) is 58.9 Å². The van der Waals surface area contributed by atoms with Gasteiger partial charge in [0, 0.05) is 43.1 Å². The molecule has 150 valence electrons. The maximum Gasteiger partial charge on any atom is 0.183 e. The second kappa shape index (κ2) is 7.18. The van der Waals surface area contributed by atoms with Gasteiger partial charge in [0.25, 0.3) is 0 Å². The molecule has 0 spiro atoms. The molecule has 0 aliphatic carbocycles. The van der Waals surface area contributed by atoms with E-state index in [1.165, 1.54) is 42.1 Å². The van der Waals surface area contributed by atoms with Crippen molar-refractivity contribution in [2.24, 2.45) is 0 Å². The lowest BCUT2D eigenvalue weighted by molar-refractivity contribution is 0.353. The zero-order chi connectivity index (χ0) is 20.0. The van der Waals surface area contributed by atoms with Gasteiger partial charge in [0.05, 0.1) is 17.7 Å². The van der Waals surface area contributed by atoms with Crippen molar-refractivity contribution >= 4 is 5.82 Å². The molecule has 2 aromatic heterocycles. The number of hydrogen-bond donors (Lipinski definition) is 1. The molecule has 6 nitrogen and oxygen atoms in total. The Morgan fingerprint density at radius 1 is 1.03 bits per heavy atom. The molecule has 1 unspecified atom stereocenters. The normalized spacial score (nSPS) is 23.3. The molecule has 0 saturated carbocycles. The highest BCUT2D eigenvalue weighted by Crippen LogP contribution is 2.32. The number of rotatable bonds is 4. The first kappa shape index (κ1) is 18.2. The standard InChI is InChI=1S/C21H22F2N6/c1-28(15-10-13-2-3-14(11-15)25-13)19-7-5-17(26-27-19)16-4-6-18(21(23)20(16)22)29-9-8-24-12-29/h4-9,12-15,25H,2-3,10-11H2,1H3/t13-,14+,15?. The van der Waals surface area contributed by atoms with Crippen LogP contribution in [0.5, 0.6) is 0 Å². The van der Waals surface area contributed by atoms with Gasteiger partial charge in [-0.25, -0.2) is 13.8 Å². The molecule has 1 aromatic carbocycles. The number of nitrogens with zero attached hydrogens (tertiary/aromatic N) is 5. The van der Waals surface area contributed by atoms with Crippen LogP contribution in [-0.4, -0.2) is 44.9 Å². The molecule has 2 fully saturated rings. The first-order valence-electron chi connectivity index (χ1n) is 9.89. The van der Waals surface area contributed by atoms with Crippen molar-refractivity contribution in [3.63, 3.8) is 0 Å². The third-order valence-electron chi connectivity index (χ3n) is 6.13. The highest BCUT2D eigenvalue weighted by Gasteiger charge is 2.35. The van der Waals surface area contributed by atoms with Gasteiger partial charge in [-0.2, -0.15) is 0 Å². The minimum atomic E-state index is -0.943. The average molecular weight is 396 g/mol. The van der Waals surface area contributed by atoms with Gasteiger partial charge in [0.1, 0.15) is 0 Å². The van der Waals surface area contributed by atoms with Crippen molar-refractivity contribution < 1.29 is 8.78 Å². The average Bonchev–Trinajstić information content (AvgIpc) is 3.39. The van der Waals surface area contributed by atoms with Crippen LogP contribution in [0.3, 0.4) is 0 Å². The van der Waals surface area contributed by atoms with Crippen LogP contribution in [0.25, 0.3) is 16.9 Å². The number of hydrogen-bond acceptors (Lipinski definition) is 5. The molecule has 1 N–H and O–H groups in total. The molecular formula is C21H22F2N6. The quantitative estimate of drug-likeness (QED) is 0.733. The third-order valence-corrected chi connectivity index (χ3v) is 6.13. The maximum absolute atomic E-state index is 14.7. The Morgan fingerprint density at radius 3 is 2.48 bits per heavy atom. The minimum Gasteiger partial charge on any atom is -0.355 e. The summed E-state index contributed by atoms with van der Waals surface area (Å²) in [4.78, 5) is 6.03. The van der Waals surface area contributed by atoms with E-state index in [0.29, 0.717) is 23.8 Å². The van der Waals surface area contributed by atoms with Crippen molar-refractivity contribution in [3.8, 4) is 16.9 Å². The number of piperidine rings is 1. The van der Waals surface area contributed by atoms with Gasteiger partial charge in [-0.3, -0.25) is 0 Å². The van der Waals surface area contributed by atoms with Crippen molar-refractivity contribution in [2.45, 2.75) is 43.8 Å². The molecule has 3 aromatic rings. The lowest BCUT2D eigenvalue weighted by atomic mass is 9.98. The Hall–Kier alpha value is -2.87.